The Morgan fingerprint density at radius 3 is 2.04 bits per heavy atom. The molecule has 9 nitrogen and oxygen atoms in total. The second kappa shape index (κ2) is 7.57. The normalized spacial score (nSPS) is 19.1. The van der Waals surface area contributed by atoms with Crippen LogP contribution in [0.25, 0.3) is 0 Å². The molecule has 0 saturated heterocycles. The minimum Gasteiger partial charge on any atom is -0.369 e. The largest absolute Gasteiger partial charge is 0.369 e. The van der Waals surface area contributed by atoms with Crippen molar-refractivity contribution in [1.82, 2.24) is 10.6 Å². The Morgan fingerprint density at radius 1 is 0.964 bits per heavy atom. The molecule has 0 bridgehead atoms. The van der Waals surface area contributed by atoms with E-state index in [4.69, 9.17) is 0 Å². The molecule has 0 spiro atoms. The van der Waals surface area contributed by atoms with E-state index in [0.29, 0.717) is 22.4 Å². The average molecular weight is 382 g/mol. The average Bonchev–Trinajstić information content (AvgIpc) is 2.67. The summed E-state index contributed by atoms with van der Waals surface area (Å²) < 4.78 is 0. The third kappa shape index (κ3) is 3.74. The Bertz CT molecular complexity index is 1000. The maximum Gasteiger partial charge on any atom is 0.269 e. The Morgan fingerprint density at radius 2 is 1.50 bits per heavy atom. The highest BCUT2D eigenvalue weighted by molar-refractivity contribution is 5.95. The van der Waals surface area contributed by atoms with E-state index in [2.05, 4.69) is 10.6 Å². The molecule has 1 aliphatic heterocycles. The van der Waals surface area contributed by atoms with Crippen LogP contribution in [0.4, 0.5) is 11.4 Å². The second-order valence-corrected chi connectivity index (χ2v) is 6.48. The number of nitrogens with one attached hydrogen (secondary N) is 2. The molecule has 3 rings (SSSR count). The van der Waals surface area contributed by atoms with E-state index in [1.807, 2.05) is 0 Å². The van der Waals surface area contributed by atoms with Crippen molar-refractivity contribution in [2.24, 2.45) is 0 Å². The van der Waals surface area contributed by atoms with Crippen molar-refractivity contribution >= 4 is 17.2 Å². The van der Waals surface area contributed by atoms with Gasteiger partial charge in [0.1, 0.15) is 6.17 Å². The van der Waals surface area contributed by atoms with Gasteiger partial charge in [0.2, 0.25) is 0 Å². The second-order valence-electron chi connectivity index (χ2n) is 6.48. The zero-order valence-corrected chi connectivity index (χ0v) is 15.2. The zero-order chi connectivity index (χ0) is 20.4. The lowest BCUT2D eigenvalue weighted by Gasteiger charge is -2.35. The van der Waals surface area contributed by atoms with E-state index >= 15 is 0 Å². The zero-order valence-electron chi connectivity index (χ0n) is 15.2. The van der Waals surface area contributed by atoms with Crippen molar-refractivity contribution in [3.63, 3.8) is 0 Å². The first-order valence-electron chi connectivity index (χ1n) is 8.51. The molecule has 0 aliphatic carbocycles. The number of allylic oxidation sites excluding steroid dienone is 1. The van der Waals surface area contributed by atoms with Gasteiger partial charge in [-0.1, -0.05) is 24.3 Å². The fraction of sp³-hybridized carbons (Fsp3) is 0.211. The van der Waals surface area contributed by atoms with E-state index in [1.165, 1.54) is 31.2 Å². The summed E-state index contributed by atoms with van der Waals surface area (Å²) in [6.07, 6.45) is -0.507. The first kappa shape index (κ1) is 19.2. The maximum absolute atomic E-state index is 12.2. The molecule has 2 N–H and O–H groups in total. The summed E-state index contributed by atoms with van der Waals surface area (Å²) in [6, 6.07) is 11.6. The van der Waals surface area contributed by atoms with Gasteiger partial charge in [-0.2, -0.15) is 0 Å². The molecule has 1 heterocycles. The summed E-state index contributed by atoms with van der Waals surface area (Å²) in [6.45, 7) is 3.17. The van der Waals surface area contributed by atoms with Gasteiger partial charge in [0.15, 0.2) is 5.78 Å². The van der Waals surface area contributed by atoms with Crippen LogP contribution in [0.5, 0.6) is 0 Å². The number of benzene rings is 2. The van der Waals surface area contributed by atoms with Crippen LogP contribution in [-0.2, 0) is 4.79 Å². The lowest BCUT2D eigenvalue weighted by molar-refractivity contribution is -0.385. The van der Waals surface area contributed by atoms with E-state index in [9.17, 15) is 25.0 Å². The van der Waals surface area contributed by atoms with Crippen LogP contribution in [0, 0.1) is 20.2 Å². The van der Waals surface area contributed by atoms with E-state index in [-0.39, 0.29) is 17.2 Å². The number of nitro groups is 2. The lowest BCUT2D eigenvalue weighted by Crippen LogP contribution is -2.43. The molecule has 0 aromatic heterocycles. The van der Waals surface area contributed by atoms with Gasteiger partial charge in [0, 0.05) is 35.5 Å². The molecule has 2 aromatic rings. The lowest BCUT2D eigenvalue weighted by atomic mass is 9.91. The van der Waals surface area contributed by atoms with Crippen LogP contribution in [0.2, 0.25) is 0 Å². The molecule has 9 heteroatoms. The van der Waals surface area contributed by atoms with Gasteiger partial charge in [0.25, 0.3) is 11.4 Å². The predicted molar refractivity (Wildman–Crippen MR) is 101 cm³/mol. The van der Waals surface area contributed by atoms with Crippen LogP contribution in [-0.4, -0.2) is 15.6 Å². The van der Waals surface area contributed by atoms with Crippen molar-refractivity contribution in [1.29, 1.82) is 0 Å². The fourth-order valence-electron chi connectivity index (χ4n) is 3.35. The summed E-state index contributed by atoms with van der Waals surface area (Å²) in [5.41, 5.74) is 2.13. The fourth-order valence-corrected chi connectivity index (χ4v) is 3.35. The summed E-state index contributed by atoms with van der Waals surface area (Å²) in [5, 5.41) is 28.6. The van der Waals surface area contributed by atoms with Gasteiger partial charge in [-0.3, -0.25) is 30.3 Å². The van der Waals surface area contributed by atoms with Gasteiger partial charge in [-0.15, -0.1) is 0 Å². The van der Waals surface area contributed by atoms with Gasteiger partial charge in [0.05, 0.1) is 15.9 Å². The number of carbonyl (C=O) groups excluding carboxylic acids is 1. The van der Waals surface area contributed by atoms with E-state index in [0.717, 1.165) is 0 Å². The van der Waals surface area contributed by atoms with Gasteiger partial charge in [-0.25, -0.2) is 0 Å². The highest BCUT2D eigenvalue weighted by Gasteiger charge is 2.32. The molecular formula is C19H18N4O5. The number of hydrogen-bond acceptors (Lipinski definition) is 7. The van der Waals surface area contributed by atoms with E-state index in [1.54, 1.807) is 31.2 Å². The molecule has 144 valence electrons. The first-order valence-corrected chi connectivity index (χ1v) is 8.51. The van der Waals surface area contributed by atoms with Crippen LogP contribution in [0.3, 0.4) is 0 Å². The van der Waals surface area contributed by atoms with Crippen molar-refractivity contribution in [2.75, 3.05) is 0 Å². The molecular weight excluding hydrogens is 364 g/mol. The van der Waals surface area contributed by atoms with Crippen LogP contribution < -0.4 is 10.6 Å². The van der Waals surface area contributed by atoms with Gasteiger partial charge >= 0.3 is 0 Å². The minimum absolute atomic E-state index is 0.0491. The molecule has 1 aliphatic rings. The smallest absolute Gasteiger partial charge is 0.269 e. The predicted octanol–water partition coefficient (Wildman–Crippen LogP) is 3.30. The molecule has 2 aromatic carbocycles. The minimum atomic E-state index is -0.595. The molecule has 28 heavy (non-hydrogen) atoms. The van der Waals surface area contributed by atoms with Gasteiger partial charge < -0.3 is 5.32 Å². The molecule has 0 fully saturated rings. The molecule has 0 radical (unpaired) electrons. The van der Waals surface area contributed by atoms with Crippen LogP contribution >= 0.6 is 0 Å². The summed E-state index contributed by atoms with van der Waals surface area (Å²) >= 11 is 0. The number of carbonyl (C=O) groups is 1. The van der Waals surface area contributed by atoms with E-state index < -0.39 is 22.1 Å². The molecule has 2 atom stereocenters. The number of ketones is 1. The highest BCUT2D eigenvalue weighted by Crippen LogP contribution is 2.33. The number of Topliss-reactive ketones (excluding diaryl/α,β-unsaturated/α-hetero) is 1. The SMILES string of the molecule is CC(=O)C1=C(C)N[C@@H](c2cccc([N+](=O)[O-])c2)N[C@H]1c1cccc([N+](=O)[O-])c1. The van der Waals surface area contributed by atoms with Crippen molar-refractivity contribution in [2.45, 2.75) is 26.1 Å². The molecule has 0 amide bonds. The molecule has 0 unspecified atom stereocenters. The third-order valence-electron chi connectivity index (χ3n) is 4.59. The van der Waals surface area contributed by atoms with Gasteiger partial charge in [-0.05, 0) is 25.0 Å². The number of nitro benzene ring substituents is 2. The van der Waals surface area contributed by atoms with Crippen LogP contribution in [0.15, 0.2) is 59.8 Å². The summed E-state index contributed by atoms with van der Waals surface area (Å²) in [4.78, 5) is 33.5. The van der Waals surface area contributed by atoms with Crippen molar-refractivity contribution in [3.8, 4) is 0 Å². The Hall–Kier alpha value is -3.59. The van der Waals surface area contributed by atoms with Crippen molar-refractivity contribution < 1.29 is 14.6 Å². The highest BCUT2D eigenvalue weighted by atomic mass is 16.6. The number of hydrogen-bond donors (Lipinski definition) is 2. The third-order valence-corrected chi connectivity index (χ3v) is 4.59. The number of rotatable bonds is 5. The standard InChI is InChI=1S/C19H18N4O5/c1-11-17(12(2)24)18(13-5-3-7-15(9-13)22(25)26)21-19(20-11)14-6-4-8-16(10-14)23(27)28/h3-10,18-21H,1-2H3/t18-,19+/m0/s1. The van der Waals surface area contributed by atoms with Crippen LogP contribution in [0.1, 0.15) is 37.2 Å². The first-order chi connectivity index (χ1) is 13.3. The van der Waals surface area contributed by atoms with Crippen molar-refractivity contribution in [3.05, 3.63) is 91.2 Å². The number of nitrogens with zero attached hydrogens (tertiary/aromatic N) is 2. The topological polar surface area (TPSA) is 127 Å². The molecule has 0 saturated carbocycles. The Labute approximate surface area is 160 Å². The Balaban J connectivity index is 2.05. The Kier molecular flexibility index (Phi) is 5.18. The summed E-state index contributed by atoms with van der Waals surface area (Å²) in [5.74, 6) is -0.175. The summed E-state index contributed by atoms with van der Waals surface area (Å²) in [7, 11) is 0. The number of non-ortho nitro benzene ring substituents is 2. The quantitative estimate of drug-likeness (QED) is 0.600. The monoisotopic (exact) mass is 382 g/mol. The maximum atomic E-state index is 12.2.